The molecule has 2 aromatic carbocycles. The van der Waals surface area contributed by atoms with Crippen LogP contribution in [-0.2, 0) is 16.0 Å². The summed E-state index contributed by atoms with van der Waals surface area (Å²) in [6.45, 7) is 0.470. The molecule has 0 fully saturated rings. The Morgan fingerprint density at radius 3 is 2.45 bits per heavy atom. The molecular weight excluding hydrogens is 408 g/mol. The number of nitrogens with zero attached hydrogens (tertiary/aromatic N) is 2. The van der Waals surface area contributed by atoms with Crippen molar-refractivity contribution in [2.45, 2.75) is 10.8 Å². The molecule has 3 rings (SSSR count). The van der Waals surface area contributed by atoms with Crippen LogP contribution in [0.25, 0.3) is 0 Å². The molecule has 0 saturated carbocycles. The second-order valence-corrected chi connectivity index (χ2v) is 8.10. The summed E-state index contributed by atoms with van der Waals surface area (Å²) in [5, 5.41) is 13.8. The SMILES string of the molecule is O=C(CSc1nnc(NC(=O)COc2ccccc2)s1)NCCc1ccccc1. The van der Waals surface area contributed by atoms with Crippen LogP contribution in [0.15, 0.2) is 65.0 Å². The predicted molar refractivity (Wildman–Crippen MR) is 114 cm³/mol. The van der Waals surface area contributed by atoms with E-state index in [-0.39, 0.29) is 24.2 Å². The predicted octanol–water partition coefficient (Wildman–Crippen LogP) is 3.01. The van der Waals surface area contributed by atoms with Gasteiger partial charge in [0.2, 0.25) is 11.0 Å². The molecule has 0 atom stereocenters. The lowest BCUT2D eigenvalue weighted by Gasteiger charge is -2.04. The average Bonchev–Trinajstić information content (AvgIpc) is 3.19. The summed E-state index contributed by atoms with van der Waals surface area (Å²) in [5.74, 6) is 0.478. The standard InChI is InChI=1S/C20H20N4O3S2/c25-17(13-27-16-9-5-2-6-10-16)22-19-23-24-20(29-19)28-14-18(26)21-12-11-15-7-3-1-4-8-15/h1-10H,11-14H2,(H,21,26)(H,22,23,25). The fraction of sp³-hybridized carbons (Fsp3) is 0.200. The molecule has 150 valence electrons. The van der Waals surface area contributed by atoms with E-state index >= 15 is 0 Å². The lowest BCUT2D eigenvalue weighted by molar-refractivity contribution is -0.119. The first-order chi connectivity index (χ1) is 14.2. The largest absolute Gasteiger partial charge is 0.484 e. The van der Waals surface area contributed by atoms with Gasteiger partial charge in [-0.1, -0.05) is 71.6 Å². The Balaban J connectivity index is 1.34. The Bertz CT molecular complexity index is 920. The Morgan fingerprint density at radius 1 is 0.966 bits per heavy atom. The van der Waals surface area contributed by atoms with Crippen LogP contribution in [0.5, 0.6) is 5.75 Å². The molecule has 29 heavy (non-hydrogen) atoms. The van der Waals surface area contributed by atoms with E-state index in [2.05, 4.69) is 20.8 Å². The van der Waals surface area contributed by atoms with Gasteiger partial charge in [0, 0.05) is 6.54 Å². The Kier molecular flexibility index (Phi) is 8.02. The molecular formula is C20H20N4O3S2. The Hall–Kier alpha value is -2.91. The molecule has 0 unspecified atom stereocenters. The molecule has 1 heterocycles. The minimum Gasteiger partial charge on any atom is -0.484 e. The quantitative estimate of drug-likeness (QED) is 0.381. The number of carbonyl (C=O) groups is 2. The summed E-state index contributed by atoms with van der Waals surface area (Å²) in [6.07, 6.45) is 0.789. The summed E-state index contributed by atoms with van der Waals surface area (Å²) in [4.78, 5) is 23.9. The zero-order chi connectivity index (χ0) is 20.3. The highest BCUT2D eigenvalue weighted by atomic mass is 32.2. The van der Waals surface area contributed by atoms with Crippen LogP contribution in [0, 0.1) is 0 Å². The van der Waals surface area contributed by atoms with Crippen LogP contribution in [0.4, 0.5) is 5.13 Å². The number of nitrogens with one attached hydrogen (secondary N) is 2. The fourth-order valence-corrected chi connectivity index (χ4v) is 3.91. The third kappa shape index (κ3) is 7.55. The van der Waals surface area contributed by atoms with Crippen LogP contribution in [0.1, 0.15) is 5.56 Å². The Morgan fingerprint density at radius 2 is 1.69 bits per heavy atom. The van der Waals surface area contributed by atoms with Gasteiger partial charge in [0.05, 0.1) is 5.75 Å². The van der Waals surface area contributed by atoms with Crippen molar-refractivity contribution in [2.75, 3.05) is 24.2 Å². The fourth-order valence-electron chi connectivity index (χ4n) is 2.31. The van der Waals surface area contributed by atoms with Crippen LogP contribution in [0.2, 0.25) is 0 Å². The van der Waals surface area contributed by atoms with Crippen molar-refractivity contribution >= 4 is 40.0 Å². The molecule has 3 aromatic rings. The molecule has 2 amide bonds. The van der Waals surface area contributed by atoms with Gasteiger partial charge in [-0.25, -0.2) is 0 Å². The van der Waals surface area contributed by atoms with E-state index in [1.54, 1.807) is 12.1 Å². The lowest BCUT2D eigenvalue weighted by Crippen LogP contribution is -2.27. The third-order valence-corrected chi connectivity index (χ3v) is 5.64. The van der Waals surface area contributed by atoms with Crippen molar-refractivity contribution in [2.24, 2.45) is 0 Å². The number of carbonyl (C=O) groups excluding carboxylic acids is 2. The highest BCUT2D eigenvalue weighted by Gasteiger charge is 2.11. The average molecular weight is 429 g/mol. The minimum atomic E-state index is -0.319. The number of hydrogen-bond acceptors (Lipinski definition) is 7. The van der Waals surface area contributed by atoms with Crippen molar-refractivity contribution in [3.8, 4) is 5.75 Å². The summed E-state index contributed by atoms with van der Waals surface area (Å²) in [6, 6.07) is 19.1. The first-order valence-electron chi connectivity index (χ1n) is 8.93. The van der Waals surface area contributed by atoms with Crippen LogP contribution in [-0.4, -0.2) is 40.9 Å². The highest BCUT2D eigenvalue weighted by Crippen LogP contribution is 2.25. The van der Waals surface area contributed by atoms with Crippen LogP contribution in [0.3, 0.4) is 0 Å². The van der Waals surface area contributed by atoms with Crippen LogP contribution < -0.4 is 15.4 Å². The maximum Gasteiger partial charge on any atom is 0.264 e. The molecule has 7 nitrogen and oxygen atoms in total. The molecule has 0 aliphatic rings. The van der Waals surface area contributed by atoms with Crippen molar-refractivity contribution in [1.29, 1.82) is 0 Å². The molecule has 0 bridgehead atoms. The number of thioether (sulfide) groups is 1. The summed E-state index contributed by atoms with van der Waals surface area (Å²) < 4.78 is 5.99. The van der Waals surface area contributed by atoms with Gasteiger partial charge < -0.3 is 10.1 Å². The number of hydrogen-bond donors (Lipinski definition) is 2. The molecule has 9 heteroatoms. The van der Waals surface area contributed by atoms with Crippen molar-refractivity contribution in [1.82, 2.24) is 15.5 Å². The van der Waals surface area contributed by atoms with Gasteiger partial charge in [0.25, 0.3) is 5.91 Å². The molecule has 2 N–H and O–H groups in total. The monoisotopic (exact) mass is 428 g/mol. The normalized spacial score (nSPS) is 10.3. The highest BCUT2D eigenvalue weighted by molar-refractivity contribution is 8.01. The van der Waals surface area contributed by atoms with Gasteiger partial charge >= 0.3 is 0 Å². The minimum absolute atomic E-state index is 0.0667. The van der Waals surface area contributed by atoms with Gasteiger partial charge in [-0.3, -0.25) is 14.9 Å². The second-order valence-electron chi connectivity index (χ2n) is 5.90. The lowest BCUT2D eigenvalue weighted by atomic mass is 10.1. The van der Waals surface area contributed by atoms with E-state index in [4.69, 9.17) is 4.74 Å². The first kappa shape index (κ1) is 20.8. The van der Waals surface area contributed by atoms with E-state index in [1.807, 2.05) is 48.5 Å². The first-order valence-corrected chi connectivity index (χ1v) is 10.7. The third-order valence-electron chi connectivity index (χ3n) is 3.67. The Labute approximate surface area is 176 Å². The van der Waals surface area contributed by atoms with Gasteiger partial charge in [0.15, 0.2) is 10.9 Å². The van der Waals surface area contributed by atoms with Gasteiger partial charge in [0.1, 0.15) is 5.75 Å². The van der Waals surface area contributed by atoms with E-state index in [0.717, 1.165) is 6.42 Å². The molecule has 0 radical (unpaired) electrons. The number of rotatable bonds is 10. The van der Waals surface area contributed by atoms with E-state index in [1.165, 1.54) is 28.7 Å². The summed E-state index contributed by atoms with van der Waals surface area (Å²) in [5.41, 5.74) is 1.18. The van der Waals surface area contributed by atoms with Crippen molar-refractivity contribution in [3.63, 3.8) is 0 Å². The number of benzene rings is 2. The van der Waals surface area contributed by atoms with Gasteiger partial charge in [-0.15, -0.1) is 10.2 Å². The molecule has 0 aliphatic heterocycles. The molecule has 1 aromatic heterocycles. The zero-order valence-corrected chi connectivity index (χ0v) is 17.2. The molecule has 0 spiro atoms. The summed E-state index contributed by atoms with van der Waals surface area (Å²) >= 11 is 2.50. The van der Waals surface area contributed by atoms with E-state index < -0.39 is 0 Å². The maximum atomic E-state index is 11.9. The van der Waals surface area contributed by atoms with Crippen LogP contribution >= 0.6 is 23.1 Å². The zero-order valence-electron chi connectivity index (χ0n) is 15.5. The van der Waals surface area contributed by atoms with E-state index in [9.17, 15) is 9.59 Å². The molecule has 0 saturated heterocycles. The van der Waals surface area contributed by atoms with E-state index in [0.29, 0.717) is 21.8 Å². The van der Waals surface area contributed by atoms with Gasteiger partial charge in [-0.05, 0) is 24.1 Å². The van der Waals surface area contributed by atoms with Crippen molar-refractivity contribution < 1.29 is 14.3 Å². The maximum absolute atomic E-state index is 11.9. The number of ether oxygens (including phenoxy) is 1. The smallest absolute Gasteiger partial charge is 0.264 e. The topological polar surface area (TPSA) is 93.2 Å². The number of anilines is 1. The summed E-state index contributed by atoms with van der Waals surface area (Å²) in [7, 11) is 0. The second kappa shape index (κ2) is 11.2. The number of aromatic nitrogens is 2. The van der Waals surface area contributed by atoms with Crippen molar-refractivity contribution in [3.05, 3.63) is 66.2 Å². The molecule has 0 aliphatic carbocycles. The number of para-hydroxylation sites is 1. The number of amides is 2. The van der Waals surface area contributed by atoms with Gasteiger partial charge in [-0.2, -0.15) is 0 Å².